The molecule has 166 valence electrons. The lowest BCUT2D eigenvalue weighted by atomic mass is 10.0. The number of amides is 3. The summed E-state index contributed by atoms with van der Waals surface area (Å²) in [4.78, 5) is 50.8. The Balaban J connectivity index is 5.05. The first-order valence-corrected chi connectivity index (χ1v) is 8.88. The number of carboxylic acid groups (broad SMARTS) is 1. The minimum absolute atomic E-state index is 0.0343. The Kier molecular flexibility index (Phi) is 11.9. The molecule has 0 aromatic heterocycles. The van der Waals surface area contributed by atoms with Gasteiger partial charge in [-0.25, -0.2) is 9.18 Å². The number of nitrogens with two attached hydrogens (primary N) is 2. The van der Waals surface area contributed by atoms with Crippen LogP contribution in [0.1, 0.15) is 26.7 Å². The molecule has 3 atom stereocenters. The zero-order valence-corrected chi connectivity index (χ0v) is 16.4. The average molecular weight is 420 g/mol. The van der Waals surface area contributed by atoms with Crippen molar-refractivity contribution in [3.05, 3.63) is 0 Å². The van der Waals surface area contributed by atoms with Crippen LogP contribution in [0.2, 0.25) is 0 Å². The number of rotatable bonds is 13. The highest BCUT2D eigenvalue weighted by Crippen LogP contribution is 2.04. The molecule has 9 N–H and O–H groups in total. The number of alkyl halides is 1. The zero-order valence-electron chi connectivity index (χ0n) is 16.4. The maximum absolute atomic E-state index is 12.8. The van der Waals surface area contributed by atoms with Gasteiger partial charge in [0.25, 0.3) is 0 Å². The van der Waals surface area contributed by atoms with E-state index >= 15 is 0 Å². The van der Waals surface area contributed by atoms with E-state index in [1.807, 2.05) is 5.32 Å². The van der Waals surface area contributed by atoms with Crippen LogP contribution >= 0.6 is 0 Å². The summed E-state index contributed by atoms with van der Waals surface area (Å²) in [5, 5.41) is 24.7. The van der Waals surface area contributed by atoms with Gasteiger partial charge in [-0.2, -0.15) is 0 Å². The molecule has 0 aromatic carbocycles. The molecular formula is C16H29FN6O6. The van der Waals surface area contributed by atoms with Gasteiger partial charge in [-0.3, -0.25) is 19.4 Å². The fourth-order valence-corrected chi connectivity index (χ4v) is 2.31. The Morgan fingerprint density at radius 3 is 2.07 bits per heavy atom. The van der Waals surface area contributed by atoms with E-state index in [0.717, 1.165) is 0 Å². The van der Waals surface area contributed by atoms with Gasteiger partial charge in [0.05, 0.1) is 12.6 Å². The van der Waals surface area contributed by atoms with Gasteiger partial charge in [-0.1, -0.05) is 13.8 Å². The van der Waals surface area contributed by atoms with E-state index in [1.54, 1.807) is 13.8 Å². The first-order chi connectivity index (χ1) is 13.5. The molecule has 0 bridgehead atoms. The van der Waals surface area contributed by atoms with Crippen LogP contribution in [-0.4, -0.2) is 77.8 Å². The van der Waals surface area contributed by atoms with Gasteiger partial charge in [-0.05, 0) is 18.8 Å². The molecule has 0 aliphatic rings. The zero-order chi connectivity index (χ0) is 22.6. The highest BCUT2D eigenvalue weighted by Gasteiger charge is 2.30. The van der Waals surface area contributed by atoms with Crippen molar-refractivity contribution in [2.24, 2.45) is 22.4 Å². The van der Waals surface area contributed by atoms with Gasteiger partial charge in [0.1, 0.15) is 18.8 Å². The van der Waals surface area contributed by atoms with E-state index in [9.17, 15) is 28.7 Å². The van der Waals surface area contributed by atoms with Crippen molar-refractivity contribution in [3.8, 4) is 0 Å². The van der Waals surface area contributed by atoms with Crippen molar-refractivity contribution in [2.75, 3.05) is 19.8 Å². The molecule has 0 saturated heterocycles. The smallest absolute Gasteiger partial charge is 0.405 e. The standard InChI is InChI=1S/C16H29FN6O6/c1-8(2)12(23-16(28)29)14(27)22-10(7-24)13(26)21-9(11(25)6-17)4-3-5-20-15(18)19/h8-10,12,23-24H,3-7H2,1-2H3,(H,21,26)(H,22,27)(H,28,29)(H4,18,19,20). The van der Waals surface area contributed by atoms with E-state index in [-0.39, 0.29) is 25.3 Å². The predicted octanol–water partition coefficient (Wildman–Crippen LogP) is -2.17. The molecule has 0 spiro atoms. The van der Waals surface area contributed by atoms with Gasteiger partial charge in [0, 0.05) is 6.54 Å². The minimum Gasteiger partial charge on any atom is -0.465 e. The van der Waals surface area contributed by atoms with Crippen molar-refractivity contribution in [1.82, 2.24) is 16.0 Å². The predicted molar refractivity (Wildman–Crippen MR) is 102 cm³/mol. The highest BCUT2D eigenvalue weighted by atomic mass is 19.1. The molecule has 0 aliphatic heterocycles. The Bertz CT molecular complexity index is 611. The van der Waals surface area contributed by atoms with Crippen LogP contribution in [0.25, 0.3) is 0 Å². The topological polar surface area (TPSA) is 209 Å². The normalized spacial score (nSPS) is 13.7. The summed E-state index contributed by atoms with van der Waals surface area (Å²) in [6, 6.07) is -3.84. The van der Waals surface area contributed by atoms with Crippen molar-refractivity contribution < 1.29 is 33.8 Å². The third kappa shape index (κ3) is 10.2. The molecule has 3 unspecified atom stereocenters. The second-order valence-corrected chi connectivity index (χ2v) is 6.52. The quantitative estimate of drug-likeness (QED) is 0.0988. The number of nitrogens with one attached hydrogen (secondary N) is 3. The van der Waals surface area contributed by atoms with Gasteiger partial charge in [0.2, 0.25) is 11.8 Å². The summed E-state index contributed by atoms with van der Waals surface area (Å²) in [6.45, 7) is 1.19. The van der Waals surface area contributed by atoms with Gasteiger partial charge < -0.3 is 37.6 Å². The molecule has 3 amide bonds. The minimum atomic E-state index is -1.47. The van der Waals surface area contributed by atoms with Crippen molar-refractivity contribution in [1.29, 1.82) is 0 Å². The average Bonchev–Trinajstić information content (AvgIpc) is 2.64. The number of ketones is 1. The van der Waals surface area contributed by atoms with E-state index < -0.39 is 61.0 Å². The van der Waals surface area contributed by atoms with Crippen molar-refractivity contribution in [2.45, 2.75) is 44.8 Å². The van der Waals surface area contributed by atoms with Crippen LogP contribution in [0, 0.1) is 5.92 Å². The number of carbonyl (C=O) groups is 4. The molecule has 0 aromatic rings. The fourth-order valence-electron chi connectivity index (χ4n) is 2.31. The van der Waals surface area contributed by atoms with Crippen LogP contribution < -0.4 is 27.4 Å². The fraction of sp³-hybridized carbons (Fsp3) is 0.688. The number of carbonyl (C=O) groups excluding carboxylic acids is 3. The molecule has 0 rings (SSSR count). The maximum atomic E-state index is 12.8. The number of halogens is 1. The Morgan fingerprint density at radius 1 is 1.03 bits per heavy atom. The largest absolute Gasteiger partial charge is 0.465 e. The lowest BCUT2D eigenvalue weighted by molar-refractivity contribution is -0.133. The van der Waals surface area contributed by atoms with Crippen LogP contribution in [0.4, 0.5) is 9.18 Å². The molecular weight excluding hydrogens is 391 g/mol. The molecule has 29 heavy (non-hydrogen) atoms. The molecule has 0 saturated carbocycles. The number of Topliss-reactive ketones (excluding diaryl/α,β-unsaturated/α-hetero) is 1. The molecule has 0 radical (unpaired) electrons. The summed E-state index contributed by atoms with van der Waals surface area (Å²) in [5.41, 5.74) is 10.4. The lowest BCUT2D eigenvalue weighted by Gasteiger charge is -2.24. The molecule has 13 heteroatoms. The lowest BCUT2D eigenvalue weighted by Crippen LogP contribution is -2.58. The van der Waals surface area contributed by atoms with Crippen LogP contribution in [0.3, 0.4) is 0 Å². The van der Waals surface area contributed by atoms with E-state index in [1.165, 1.54) is 0 Å². The third-order valence-electron chi connectivity index (χ3n) is 3.83. The molecule has 12 nitrogen and oxygen atoms in total. The third-order valence-corrected chi connectivity index (χ3v) is 3.83. The second-order valence-electron chi connectivity index (χ2n) is 6.52. The van der Waals surface area contributed by atoms with Crippen LogP contribution in [-0.2, 0) is 14.4 Å². The van der Waals surface area contributed by atoms with E-state index in [2.05, 4.69) is 15.6 Å². The number of hydrogen-bond donors (Lipinski definition) is 7. The first kappa shape index (κ1) is 26.0. The van der Waals surface area contributed by atoms with Crippen molar-refractivity contribution in [3.63, 3.8) is 0 Å². The number of guanidine groups is 1. The first-order valence-electron chi connectivity index (χ1n) is 8.88. The Hall–Kier alpha value is -2.96. The number of aliphatic imine (C=N–C) groups is 1. The number of hydrogen-bond acceptors (Lipinski definition) is 6. The molecule has 0 aliphatic carbocycles. The second kappa shape index (κ2) is 13.3. The summed E-state index contributed by atoms with van der Waals surface area (Å²) in [6.07, 6.45) is -1.13. The van der Waals surface area contributed by atoms with Gasteiger partial charge >= 0.3 is 6.09 Å². The molecule has 0 fully saturated rings. The number of nitrogens with zero attached hydrogens (tertiary/aromatic N) is 1. The van der Waals surface area contributed by atoms with Gasteiger partial charge in [0.15, 0.2) is 11.7 Å². The maximum Gasteiger partial charge on any atom is 0.405 e. The Morgan fingerprint density at radius 2 is 1.62 bits per heavy atom. The SMILES string of the molecule is CC(C)C(NC(=O)O)C(=O)NC(CO)C(=O)NC(CCCN=C(N)N)C(=O)CF. The Labute approximate surface area is 167 Å². The van der Waals surface area contributed by atoms with E-state index in [4.69, 9.17) is 16.6 Å². The highest BCUT2D eigenvalue weighted by molar-refractivity contribution is 5.94. The summed E-state index contributed by atoms with van der Waals surface area (Å²) < 4.78 is 12.8. The molecule has 0 heterocycles. The van der Waals surface area contributed by atoms with Gasteiger partial charge in [-0.15, -0.1) is 0 Å². The summed E-state index contributed by atoms with van der Waals surface area (Å²) in [5.74, 6) is -3.24. The van der Waals surface area contributed by atoms with Crippen LogP contribution in [0.5, 0.6) is 0 Å². The summed E-state index contributed by atoms with van der Waals surface area (Å²) >= 11 is 0. The number of aliphatic hydroxyl groups is 1. The van der Waals surface area contributed by atoms with Crippen molar-refractivity contribution >= 4 is 29.7 Å². The van der Waals surface area contributed by atoms with Crippen LogP contribution in [0.15, 0.2) is 4.99 Å². The number of aliphatic hydroxyl groups excluding tert-OH is 1. The summed E-state index contributed by atoms with van der Waals surface area (Å²) in [7, 11) is 0. The monoisotopic (exact) mass is 420 g/mol. The van der Waals surface area contributed by atoms with E-state index in [0.29, 0.717) is 0 Å².